The maximum atomic E-state index is 12.3. The Morgan fingerprint density at radius 2 is 1.45 bits per heavy atom. The van der Waals surface area contributed by atoms with Crippen LogP contribution in [0.25, 0.3) is 0 Å². The number of hydrogen-bond acceptors (Lipinski definition) is 3. The third-order valence-electron chi connectivity index (χ3n) is 5.21. The van der Waals surface area contributed by atoms with Crippen LogP contribution in [0.1, 0.15) is 77.0 Å². The third-order valence-corrected chi connectivity index (χ3v) is 5.21. The van der Waals surface area contributed by atoms with E-state index in [0.717, 1.165) is 12.8 Å². The highest BCUT2D eigenvalue weighted by atomic mass is 16.5. The number of amides is 1. The van der Waals surface area contributed by atoms with Gasteiger partial charge in [-0.05, 0) is 12.8 Å². The van der Waals surface area contributed by atoms with Crippen molar-refractivity contribution < 1.29 is 14.3 Å². The lowest BCUT2D eigenvalue weighted by Crippen LogP contribution is -2.37. The fraction of sp³-hybridized carbons (Fsp3) is 0.889. The summed E-state index contributed by atoms with van der Waals surface area (Å²) in [5.74, 6) is -0.338. The van der Waals surface area contributed by atoms with Gasteiger partial charge in [-0.2, -0.15) is 0 Å². The fourth-order valence-corrected chi connectivity index (χ4v) is 3.86. The summed E-state index contributed by atoms with van der Waals surface area (Å²) in [6, 6.07) is 0.335. The molecule has 126 valence electrons. The largest absolute Gasteiger partial charge is 0.469 e. The predicted octanol–water partition coefficient (Wildman–Crippen LogP) is 3.68. The third kappa shape index (κ3) is 4.99. The van der Waals surface area contributed by atoms with E-state index in [1.165, 1.54) is 64.9 Å². The van der Waals surface area contributed by atoms with Gasteiger partial charge in [-0.3, -0.25) is 9.59 Å². The molecule has 2 rings (SSSR count). The first-order valence-corrected chi connectivity index (χ1v) is 9.09. The molecule has 1 aliphatic carbocycles. The summed E-state index contributed by atoms with van der Waals surface area (Å²) >= 11 is 0. The molecule has 0 aromatic rings. The number of likely N-dealkylation sites (tertiary alicyclic amines) is 1. The van der Waals surface area contributed by atoms with Gasteiger partial charge in [0, 0.05) is 19.0 Å². The second-order valence-corrected chi connectivity index (χ2v) is 6.88. The second kappa shape index (κ2) is 9.16. The number of rotatable bonds is 2. The number of carbonyl (C=O) groups is 2. The molecule has 1 unspecified atom stereocenters. The molecule has 4 heteroatoms. The molecule has 0 N–H and O–H groups in total. The van der Waals surface area contributed by atoms with Crippen LogP contribution in [0.4, 0.5) is 0 Å². The van der Waals surface area contributed by atoms with E-state index in [2.05, 4.69) is 0 Å². The van der Waals surface area contributed by atoms with Crippen molar-refractivity contribution in [1.29, 1.82) is 0 Å². The van der Waals surface area contributed by atoms with Crippen molar-refractivity contribution >= 4 is 11.9 Å². The average molecular weight is 309 g/mol. The van der Waals surface area contributed by atoms with Crippen molar-refractivity contribution in [3.8, 4) is 0 Å². The summed E-state index contributed by atoms with van der Waals surface area (Å²) in [7, 11) is 1.41. The van der Waals surface area contributed by atoms with E-state index in [9.17, 15) is 9.59 Å². The van der Waals surface area contributed by atoms with Crippen LogP contribution in [0.3, 0.4) is 0 Å². The zero-order valence-corrected chi connectivity index (χ0v) is 14.0. The molecule has 0 aromatic carbocycles. The van der Waals surface area contributed by atoms with Crippen LogP contribution in [0.2, 0.25) is 0 Å². The van der Waals surface area contributed by atoms with Gasteiger partial charge in [0.05, 0.1) is 13.0 Å². The molecule has 1 heterocycles. The highest BCUT2D eigenvalue weighted by Crippen LogP contribution is 2.27. The molecule has 1 atom stereocenters. The Morgan fingerprint density at radius 3 is 1.95 bits per heavy atom. The maximum Gasteiger partial charge on any atom is 0.310 e. The molecule has 0 bridgehead atoms. The molecule has 1 saturated carbocycles. The van der Waals surface area contributed by atoms with E-state index >= 15 is 0 Å². The highest BCUT2D eigenvalue weighted by Gasteiger charge is 2.38. The fourth-order valence-electron chi connectivity index (χ4n) is 3.86. The first kappa shape index (κ1) is 17.3. The Kier molecular flexibility index (Phi) is 7.20. The van der Waals surface area contributed by atoms with Gasteiger partial charge in [-0.1, -0.05) is 57.8 Å². The molecule has 0 radical (unpaired) electrons. The first-order chi connectivity index (χ1) is 10.7. The number of esters is 1. The van der Waals surface area contributed by atoms with Crippen LogP contribution >= 0.6 is 0 Å². The smallest absolute Gasteiger partial charge is 0.310 e. The Bertz CT molecular complexity index is 357. The Balaban J connectivity index is 1.91. The SMILES string of the molecule is COC(=O)C1CC(=O)N(C2CCCCCCCCCCC2)C1. The maximum absolute atomic E-state index is 12.3. The average Bonchev–Trinajstić information content (AvgIpc) is 2.89. The van der Waals surface area contributed by atoms with Crippen LogP contribution in [-0.4, -0.2) is 36.5 Å². The van der Waals surface area contributed by atoms with Crippen molar-refractivity contribution in [2.24, 2.45) is 5.92 Å². The van der Waals surface area contributed by atoms with Gasteiger partial charge in [-0.25, -0.2) is 0 Å². The van der Waals surface area contributed by atoms with E-state index in [1.807, 2.05) is 4.90 Å². The number of ether oxygens (including phenoxy) is 1. The zero-order chi connectivity index (χ0) is 15.8. The molecule has 4 nitrogen and oxygen atoms in total. The molecule has 2 aliphatic rings. The summed E-state index contributed by atoms with van der Waals surface area (Å²) in [6.07, 6.45) is 14.2. The number of nitrogens with zero attached hydrogens (tertiary/aromatic N) is 1. The topological polar surface area (TPSA) is 46.6 Å². The lowest BCUT2D eigenvalue weighted by atomic mass is 9.97. The minimum Gasteiger partial charge on any atom is -0.469 e. The lowest BCUT2D eigenvalue weighted by molar-refractivity contribution is -0.145. The van der Waals surface area contributed by atoms with Crippen molar-refractivity contribution in [1.82, 2.24) is 4.90 Å². The first-order valence-electron chi connectivity index (χ1n) is 9.09. The minimum absolute atomic E-state index is 0.146. The van der Waals surface area contributed by atoms with Gasteiger partial charge < -0.3 is 9.64 Å². The molecule has 1 aliphatic heterocycles. The van der Waals surface area contributed by atoms with E-state index in [1.54, 1.807) is 0 Å². The minimum atomic E-state index is -0.251. The summed E-state index contributed by atoms with van der Waals surface area (Å²) in [6.45, 7) is 0.566. The quantitative estimate of drug-likeness (QED) is 0.731. The van der Waals surface area contributed by atoms with Crippen LogP contribution in [0.5, 0.6) is 0 Å². The number of methoxy groups -OCH3 is 1. The second-order valence-electron chi connectivity index (χ2n) is 6.88. The molecular formula is C18H31NO3. The molecule has 2 fully saturated rings. The van der Waals surface area contributed by atoms with Crippen molar-refractivity contribution in [2.75, 3.05) is 13.7 Å². The van der Waals surface area contributed by atoms with Gasteiger partial charge in [-0.15, -0.1) is 0 Å². The van der Waals surface area contributed by atoms with Crippen molar-refractivity contribution in [3.63, 3.8) is 0 Å². The van der Waals surface area contributed by atoms with E-state index in [0.29, 0.717) is 19.0 Å². The van der Waals surface area contributed by atoms with Crippen LogP contribution in [0, 0.1) is 5.92 Å². The van der Waals surface area contributed by atoms with Gasteiger partial charge in [0.15, 0.2) is 0 Å². The molecular weight excluding hydrogens is 278 g/mol. The van der Waals surface area contributed by atoms with Gasteiger partial charge >= 0.3 is 5.97 Å². The summed E-state index contributed by atoms with van der Waals surface area (Å²) < 4.78 is 4.81. The van der Waals surface area contributed by atoms with Gasteiger partial charge in [0.1, 0.15) is 0 Å². The molecule has 1 saturated heterocycles. The summed E-state index contributed by atoms with van der Waals surface area (Å²) in [4.78, 5) is 26.0. The lowest BCUT2D eigenvalue weighted by Gasteiger charge is -2.28. The van der Waals surface area contributed by atoms with E-state index < -0.39 is 0 Å². The van der Waals surface area contributed by atoms with Crippen LogP contribution in [-0.2, 0) is 14.3 Å². The highest BCUT2D eigenvalue weighted by molar-refractivity contribution is 5.86. The van der Waals surface area contributed by atoms with Gasteiger partial charge in [0.25, 0.3) is 0 Å². The number of hydrogen-bond donors (Lipinski definition) is 0. The van der Waals surface area contributed by atoms with Crippen LogP contribution in [0.15, 0.2) is 0 Å². The Morgan fingerprint density at radius 1 is 0.955 bits per heavy atom. The van der Waals surface area contributed by atoms with Crippen molar-refractivity contribution in [2.45, 2.75) is 83.1 Å². The Labute approximate surface area is 134 Å². The zero-order valence-electron chi connectivity index (χ0n) is 14.0. The number of carbonyl (C=O) groups excluding carboxylic acids is 2. The normalized spacial score (nSPS) is 26.3. The predicted molar refractivity (Wildman–Crippen MR) is 86.4 cm³/mol. The molecule has 0 aromatic heterocycles. The molecule has 0 spiro atoms. The standard InChI is InChI=1S/C18H31NO3/c1-22-18(21)15-13-17(20)19(14-15)16-11-9-7-5-3-2-4-6-8-10-12-16/h15-16H,2-14H2,1H3. The monoisotopic (exact) mass is 309 g/mol. The molecule has 1 amide bonds. The Hall–Kier alpha value is -1.06. The summed E-state index contributed by atoms with van der Waals surface area (Å²) in [5.41, 5.74) is 0. The van der Waals surface area contributed by atoms with Crippen molar-refractivity contribution in [3.05, 3.63) is 0 Å². The van der Waals surface area contributed by atoms with Gasteiger partial charge in [0.2, 0.25) is 5.91 Å². The van der Waals surface area contributed by atoms with E-state index in [-0.39, 0.29) is 17.8 Å². The van der Waals surface area contributed by atoms with Crippen LogP contribution < -0.4 is 0 Å². The molecule has 22 heavy (non-hydrogen) atoms. The summed E-state index contributed by atoms with van der Waals surface area (Å²) in [5, 5.41) is 0. The van der Waals surface area contributed by atoms with E-state index in [4.69, 9.17) is 4.74 Å².